The van der Waals surface area contributed by atoms with E-state index in [-0.39, 0.29) is 12.1 Å². The van der Waals surface area contributed by atoms with Gasteiger partial charge in [0.25, 0.3) is 0 Å². The van der Waals surface area contributed by atoms with E-state index in [1.54, 1.807) is 49.1 Å². The van der Waals surface area contributed by atoms with Crippen LogP contribution in [0, 0.1) is 0 Å². The Labute approximate surface area is 146 Å². The molecule has 2 aromatic rings. The van der Waals surface area contributed by atoms with Crippen molar-refractivity contribution >= 4 is 35.9 Å². The summed E-state index contributed by atoms with van der Waals surface area (Å²) in [6.45, 7) is 5.29. The van der Waals surface area contributed by atoms with Crippen molar-refractivity contribution in [3.05, 3.63) is 47.5 Å². The predicted octanol–water partition coefficient (Wildman–Crippen LogP) is 4.92. The molecule has 0 bridgehead atoms. The lowest BCUT2D eigenvalue weighted by Gasteiger charge is -2.37. The number of amides is 2. The first-order valence-electron chi connectivity index (χ1n) is 7.55. The summed E-state index contributed by atoms with van der Waals surface area (Å²) in [4.78, 5) is 12.2. The van der Waals surface area contributed by atoms with Gasteiger partial charge in [0.15, 0.2) is 0 Å². The number of urea groups is 1. The minimum atomic E-state index is -3.02. The van der Waals surface area contributed by atoms with Crippen molar-refractivity contribution in [1.82, 2.24) is 4.67 Å². The lowest BCUT2D eigenvalue weighted by Crippen LogP contribution is -2.44. The van der Waals surface area contributed by atoms with Gasteiger partial charge in [-0.15, -0.1) is 0 Å². The highest BCUT2D eigenvalue weighted by Crippen LogP contribution is 2.51. The number of nitrogens with one attached hydrogen (secondary N) is 1. The molecule has 5 nitrogen and oxygen atoms in total. The van der Waals surface area contributed by atoms with Crippen molar-refractivity contribution in [2.24, 2.45) is 0 Å². The van der Waals surface area contributed by atoms with Gasteiger partial charge in [0.05, 0.1) is 11.0 Å². The van der Waals surface area contributed by atoms with Crippen molar-refractivity contribution in [3.8, 4) is 11.5 Å². The number of nitrogens with zero attached hydrogens (tertiary/aromatic N) is 1. The SMILES string of the molecule is CC(C)N1C(=O)Nc2ccc(Oc3ccc(Cl)cc3)cc2P1(C)=O. The topological polar surface area (TPSA) is 58.6 Å². The Balaban J connectivity index is 1.98. The fraction of sp³-hybridized carbons (Fsp3) is 0.235. The van der Waals surface area contributed by atoms with E-state index < -0.39 is 7.29 Å². The summed E-state index contributed by atoms with van der Waals surface area (Å²) in [6.07, 6.45) is 0. The van der Waals surface area contributed by atoms with Crippen molar-refractivity contribution in [1.29, 1.82) is 0 Å². The van der Waals surface area contributed by atoms with Gasteiger partial charge in [-0.3, -0.25) is 9.24 Å². The van der Waals surface area contributed by atoms with Gasteiger partial charge in [-0.2, -0.15) is 0 Å². The third kappa shape index (κ3) is 3.02. The van der Waals surface area contributed by atoms with Crippen LogP contribution in [0.4, 0.5) is 10.5 Å². The smallest absolute Gasteiger partial charge is 0.327 e. The van der Waals surface area contributed by atoms with Crippen LogP contribution in [0.1, 0.15) is 13.8 Å². The van der Waals surface area contributed by atoms with Gasteiger partial charge in [0.1, 0.15) is 11.5 Å². The fourth-order valence-corrected chi connectivity index (χ4v) is 5.38. The third-order valence-electron chi connectivity index (χ3n) is 3.82. The third-order valence-corrected chi connectivity index (χ3v) is 6.80. The van der Waals surface area contributed by atoms with E-state index >= 15 is 0 Å². The molecular formula is C17H18ClN2O3P. The molecule has 0 saturated carbocycles. The first kappa shape index (κ1) is 16.9. The second kappa shape index (κ2) is 6.15. The number of anilines is 1. The van der Waals surface area contributed by atoms with E-state index in [0.717, 1.165) is 0 Å². The van der Waals surface area contributed by atoms with Gasteiger partial charge >= 0.3 is 6.03 Å². The molecule has 0 fully saturated rings. The van der Waals surface area contributed by atoms with E-state index in [1.165, 1.54) is 4.67 Å². The second-order valence-electron chi connectivity index (χ2n) is 5.98. The van der Waals surface area contributed by atoms with E-state index in [4.69, 9.17) is 16.3 Å². The molecule has 0 saturated heterocycles. The van der Waals surface area contributed by atoms with E-state index in [0.29, 0.717) is 27.5 Å². The lowest BCUT2D eigenvalue weighted by molar-refractivity contribution is 0.229. The van der Waals surface area contributed by atoms with E-state index in [9.17, 15) is 9.36 Å². The molecule has 126 valence electrons. The Morgan fingerprint density at radius 2 is 1.75 bits per heavy atom. The first-order chi connectivity index (χ1) is 11.3. The lowest BCUT2D eigenvalue weighted by atomic mass is 10.3. The highest BCUT2D eigenvalue weighted by molar-refractivity contribution is 7.69. The van der Waals surface area contributed by atoms with Gasteiger partial charge in [-0.25, -0.2) is 4.79 Å². The van der Waals surface area contributed by atoms with Crippen LogP contribution in [0.5, 0.6) is 11.5 Å². The van der Waals surface area contributed by atoms with Crippen LogP contribution in [0.25, 0.3) is 0 Å². The van der Waals surface area contributed by atoms with Gasteiger partial charge in [-0.1, -0.05) is 11.6 Å². The van der Waals surface area contributed by atoms with Gasteiger partial charge in [0.2, 0.25) is 7.29 Å². The number of carbonyl (C=O) groups is 1. The van der Waals surface area contributed by atoms with Crippen molar-refractivity contribution in [2.45, 2.75) is 19.9 Å². The number of ether oxygens (including phenoxy) is 1. The Morgan fingerprint density at radius 3 is 2.38 bits per heavy atom. The molecule has 1 heterocycles. The minimum Gasteiger partial charge on any atom is -0.457 e. The highest BCUT2D eigenvalue weighted by atomic mass is 35.5. The second-order valence-corrected chi connectivity index (χ2v) is 9.09. The predicted molar refractivity (Wildman–Crippen MR) is 97.1 cm³/mol. The normalized spacial score (nSPS) is 19.9. The van der Waals surface area contributed by atoms with Crippen LogP contribution in [0.15, 0.2) is 42.5 Å². The van der Waals surface area contributed by atoms with E-state index in [1.807, 2.05) is 13.8 Å². The Kier molecular flexibility index (Phi) is 4.33. The summed E-state index contributed by atoms with van der Waals surface area (Å²) >= 11 is 5.87. The van der Waals surface area contributed by atoms with Crippen LogP contribution in [-0.2, 0) is 4.57 Å². The molecule has 24 heavy (non-hydrogen) atoms. The largest absolute Gasteiger partial charge is 0.457 e. The van der Waals surface area contributed by atoms with Crippen LogP contribution in [-0.4, -0.2) is 23.4 Å². The summed E-state index contributed by atoms with van der Waals surface area (Å²) in [6, 6.07) is 11.7. The van der Waals surface area contributed by atoms with Crippen LogP contribution < -0.4 is 15.4 Å². The van der Waals surface area contributed by atoms with Crippen molar-refractivity contribution in [3.63, 3.8) is 0 Å². The molecule has 1 aliphatic rings. The quantitative estimate of drug-likeness (QED) is 0.786. The molecule has 7 heteroatoms. The molecule has 0 aromatic heterocycles. The Hall–Kier alpha value is -1.97. The average Bonchev–Trinajstić information content (AvgIpc) is 2.49. The molecule has 1 atom stereocenters. The van der Waals surface area contributed by atoms with Crippen molar-refractivity contribution < 1.29 is 14.1 Å². The van der Waals surface area contributed by atoms with Gasteiger partial charge in [-0.05, 0) is 56.3 Å². The molecule has 0 aliphatic carbocycles. The fourth-order valence-electron chi connectivity index (χ4n) is 2.80. The maximum Gasteiger partial charge on any atom is 0.327 e. The zero-order chi connectivity index (χ0) is 17.5. The Morgan fingerprint density at radius 1 is 1.12 bits per heavy atom. The number of fused-ring (bicyclic) bond motifs is 1. The zero-order valence-corrected chi connectivity index (χ0v) is 15.3. The summed E-state index contributed by atoms with van der Waals surface area (Å²) in [7, 11) is -3.02. The molecule has 1 N–H and O–H groups in total. The number of hydrogen-bond acceptors (Lipinski definition) is 3. The van der Waals surface area contributed by atoms with Crippen LogP contribution in [0.2, 0.25) is 5.02 Å². The highest BCUT2D eigenvalue weighted by Gasteiger charge is 2.40. The molecule has 2 amide bonds. The number of benzene rings is 2. The maximum atomic E-state index is 13.3. The van der Waals surface area contributed by atoms with Crippen LogP contribution >= 0.6 is 18.9 Å². The molecule has 2 aromatic carbocycles. The first-order valence-corrected chi connectivity index (χ1v) is 10.0. The monoisotopic (exact) mass is 364 g/mol. The summed E-state index contributed by atoms with van der Waals surface area (Å²) in [5, 5.41) is 4.00. The van der Waals surface area contributed by atoms with E-state index in [2.05, 4.69) is 5.32 Å². The van der Waals surface area contributed by atoms with Crippen molar-refractivity contribution in [2.75, 3.05) is 12.0 Å². The number of carbonyl (C=O) groups excluding carboxylic acids is 1. The zero-order valence-electron chi connectivity index (χ0n) is 13.6. The standard InChI is InChI=1S/C17H18ClN2O3P/c1-11(2)20-17(21)19-15-9-8-14(10-16(15)24(20,3)22)23-13-6-4-12(18)5-7-13/h4-11H,1-3H3,(H,19,21). The average molecular weight is 365 g/mol. The molecule has 0 radical (unpaired) electrons. The van der Waals surface area contributed by atoms with Gasteiger partial charge in [0, 0.05) is 17.7 Å². The minimum absolute atomic E-state index is 0.171. The Bertz CT molecular complexity index is 836. The van der Waals surface area contributed by atoms with Gasteiger partial charge < -0.3 is 10.1 Å². The van der Waals surface area contributed by atoms with Crippen LogP contribution in [0.3, 0.4) is 0 Å². The molecule has 3 rings (SSSR count). The molecular weight excluding hydrogens is 347 g/mol. The molecule has 1 aliphatic heterocycles. The maximum absolute atomic E-state index is 13.3. The number of rotatable bonds is 3. The summed E-state index contributed by atoms with van der Waals surface area (Å²) in [5.74, 6) is 1.18. The molecule has 1 unspecified atom stereocenters. The number of hydrogen-bond donors (Lipinski definition) is 1. The summed E-state index contributed by atoms with van der Waals surface area (Å²) in [5.41, 5.74) is 0.561. The summed E-state index contributed by atoms with van der Waals surface area (Å²) < 4.78 is 20.5. The number of halogens is 1. The molecule has 0 spiro atoms.